The summed E-state index contributed by atoms with van der Waals surface area (Å²) in [7, 11) is 0. The lowest BCUT2D eigenvalue weighted by atomic mass is 10.4. The second kappa shape index (κ2) is 6.87. The maximum atomic E-state index is 11.5. The number of alkyl halides is 1. The van der Waals surface area contributed by atoms with E-state index in [1.807, 2.05) is 0 Å². The quantitative estimate of drug-likeness (QED) is 0.330. The summed E-state index contributed by atoms with van der Waals surface area (Å²) in [5.41, 5.74) is 0.147. The third-order valence-corrected chi connectivity index (χ3v) is 2.02. The van der Waals surface area contributed by atoms with Crippen molar-refractivity contribution in [1.82, 2.24) is 10.3 Å². The second-order valence-electron chi connectivity index (χ2n) is 3.07. The largest absolute Gasteiger partial charge is 0.378 e. The van der Waals surface area contributed by atoms with Gasteiger partial charge in [0.1, 0.15) is 0 Å². The van der Waals surface area contributed by atoms with Crippen molar-refractivity contribution in [1.29, 1.82) is 0 Å². The molecule has 8 heteroatoms. The zero-order valence-electron chi connectivity index (χ0n) is 8.94. The molecule has 17 heavy (non-hydrogen) atoms. The first kappa shape index (κ1) is 13.5. The second-order valence-corrected chi connectivity index (χ2v) is 3.45. The standard InChI is InChI=1S/C9H12ClN3O4/c10-3-5-17-6-4-11-9(14)7-1-2-8(12-7)13(15)16/h1-2,12H,3-6H2,(H,11,14). The summed E-state index contributed by atoms with van der Waals surface area (Å²) in [5.74, 6) is -0.224. The Kier molecular flexibility index (Phi) is 5.44. The Morgan fingerprint density at radius 3 is 2.88 bits per heavy atom. The van der Waals surface area contributed by atoms with Gasteiger partial charge in [-0.15, -0.1) is 11.6 Å². The first-order chi connectivity index (χ1) is 8.15. The highest BCUT2D eigenvalue weighted by Gasteiger charge is 2.14. The fraction of sp³-hybridized carbons (Fsp3) is 0.444. The number of nitrogens with zero attached hydrogens (tertiary/aromatic N) is 1. The number of rotatable bonds is 7. The zero-order valence-corrected chi connectivity index (χ0v) is 9.70. The van der Waals surface area contributed by atoms with Crippen LogP contribution in [0.15, 0.2) is 12.1 Å². The molecule has 0 spiro atoms. The minimum Gasteiger partial charge on any atom is -0.378 e. The van der Waals surface area contributed by atoms with Crippen LogP contribution in [-0.4, -0.2) is 41.5 Å². The van der Waals surface area contributed by atoms with Gasteiger partial charge in [-0.25, -0.2) is 4.98 Å². The Balaban J connectivity index is 2.34. The van der Waals surface area contributed by atoms with Crippen molar-refractivity contribution in [3.63, 3.8) is 0 Å². The number of ether oxygens (including phenoxy) is 1. The Bertz CT molecular complexity index is 393. The molecule has 0 saturated carbocycles. The topological polar surface area (TPSA) is 97.3 Å². The first-order valence-corrected chi connectivity index (χ1v) is 5.44. The monoisotopic (exact) mass is 261 g/mol. The van der Waals surface area contributed by atoms with Crippen LogP contribution in [0.3, 0.4) is 0 Å². The highest BCUT2D eigenvalue weighted by atomic mass is 35.5. The van der Waals surface area contributed by atoms with E-state index in [-0.39, 0.29) is 11.5 Å². The molecule has 0 saturated heterocycles. The molecule has 0 radical (unpaired) electrons. The molecule has 0 aromatic carbocycles. The summed E-state index contributed by atoms with van der Waals surface area (Å²) in [6, 6.07) is 2.59. The van der Waals surface area contributed by atoms with E-state index in [2.05, 4.69) is 10.3 Å². The molecule has 1 amide bonds. The van der Waals surface area contributed by atoms with Crippen molar-refractivity contribution in [2.75, 3.05) is 25.6 Å². The van der Waals surface area contributed by atoms with E-state index in [1.165, 1.54) is 12.1 Å². The van der Waals surface area contributed by atoms with Gasteiger partial charge in [0.2, 0.25) is 0 Å². The molecule has 1 aromatic rings. The summed E-state index contributed by atoms with van der Waals surface area (Å²) in [6.45, 7) is 1.09. The molecular weight excluding hydrogens is 250 g/mol. The minimum absolute atomic E-state index is 0.147. The number of aromatic nitrogens is 1. The van der Waals surface area contributed by atoms with E-state index in [0.29, 0.717) is 25.6 Å². The molecule has 1 aromatic heterocycles. The number of H-pyrrole nitrogens is 1. The SMILES string of the molecule is O=C(NCCOCCCl)c1ccc([N+](=O)[O-])[nH]1. The van der Waals surface area contributed by atoms with Crippen molar-refractivity contribution in [3.05, 3.63) is 27.9 Å². The highest BCUT2D eigenvalue weighted by Crippen LogP contribution is 2.09. The number of aromatic amines is 1. The summed E-state index contributed by atoms with van der Waals surface area (Å²) >= 11 is 5.39. The van der Waals surface area contributed by atoms with Crippen molar-refractivity contribution in [3.8, 4) is 0 Å². The third kappa shape index (κ3) is 4.41. The van der Waals surface area contributed by atoms with Gasteiger partial charge in [-0.1, -0.05) is 0 Å². The van der Waals surface area contributed by atoms with Crippen molar-refractivity contribution in [2.45, 2.75) is 0 Å². The minimum atomic E-state index is -0.597. The van der Waals surface area contributed by atoms with Gasteiger partial charge in [0.25, 0.3) is 5.91 Å². The van der Waals surface area contributed by atoms with Crippen molar-refractivity contribution >= 4 is 23.3 Å². The van der Waals surface area contributed by atoms with Gasteiger partial charge in [0.15, 0.2) is 5.69 Å². The molecule has 2 N–H and O–H groups in total. The van der Waals surface area contributed by atoms with Gasteiger partial charge >= 0.3 is 5.82 Å². The smallest absolute Gasteiger partial charge is 0.321 e. The summed E-state index contributed by atoms with van der Waals surface area (Å²) in [4.78, 5) is 23.6. The van der Waals surface area contributed by atoms with Gasteiger partial charge < -0.3 is 20.2 Å². The van der Waals surface area contributed by atoms with E-state index >= 15 is 0 Å². The number of carbonyl (C=O) groups is 1. The maximum Gasteiger partial charge on any atom is 0.321 e. The van der Waals surface area contributed by atoms with Gasteiger partial charge in [0.05, 0.1) is 13.2 Å². The predicted octanol–water partition coefficient (Wildman–Crippen LogP) is 0.908. The number of hydrogen-bond acceptors (Lipinski definition) is 4. The van der Waals surface area contributed by atoms with E-state index in [0.717, 1.165) is 0 Å². The predicted molar refractivity (Wildman–Crippen MR) is 61.3 cm³/mol. The molecular formula is C9H12ClN3O4. The summed E-state index contributed by atoms with van der Waals surface area (Å²) in [5, 5.41) is 12.9. The van der Waals surface area contributed by atoms with Crippen LogP contribution in [0.1, 0.15) is 10.5 Å². The fourth-order valence-corrected chi connectivity index (χ4v) is 1.22. The van der Waals surface area contributed by atoms with Crippen molar-refractivity contribution in [2.24, 2.45) is 0 Å². The van der Waals surface area contributed by atoms with Gasteiger partial charge in [-0.3, -0.25) is 4.79 Å². The number of nitrogens with one attached hydrogen (secondary N) is 2. The number of hydrogen-bond donors (Lipinski definition) is 2. The van der Waals surface area contributed by atoms with E-state index < -0.39 is 10.8 Å². The Hall–Kier alpha value is -1.60. The molecule has 0 aliphatic heterocycles. The Labute approximate surface area is 102 Å². The highest BCUT2D eigenvalue weighted by molar-refractivity contribution is 6.17. The lowest BCUT2D eigenvalue weighted by Gasteiger charge is -2.02. The molecule has 7 nitrogen and oxygen atoms in total. The van der Waals surface area contributed by atoms with E-state index in [4.69, 9.17) is 16.3 Å². The van der Waals surface area contributed by atoms with Gasteiger partial charge in [0, 0.05) is 18.5 Å². The van der Waals surface area contributed by atoms with Crippen LogP contribution >= 0.6 is 11.6 Å². The maximum absolute atomic E-state index is 11.5. The van der Waals surface area contributed by atoms with Crippen LogP contribution in [0.4, 0.5) is 5.82 Å². The Morgan fingerprint density at radius 2 is 2.29 bits per heavy atom. The summed E-state index contributed by atoms with van der Waals surface area (Å²) in [6.07, 6.45) is 0. The van der Waals surface area contributed by atoms with Crippen LogP contribution in [-0.2, 0) is 4.74 Å². The average Bonchev–Trinajstić information content (AvgIpc) is 2.78. The van der Waals surface area contributed by atoms with Crippen LogP contribution < -0.4 is 5.32 Å². The number of carbonyl (C=O) groups excluding carboxylic acids is 1. The lowest BCUT2D eigenvalue weighted by molar-refractivity contribution is -0.389. The number of amides is 1. The normalized spacial score (nSPS) is 10.2. The molecule has 0 aliphatic rings. The van der Waals surface area contributed by atoms with Crippen LogP contribution in [0.25, 0.3) is 0 Å². The molecule has 1 heterocycles. The molecule has 0 fully saturated rings. The number of nitro groups is 1. The first-order valence-electron chi connectivity index (χ1n) is 4.90. The van der Waals surface area contributed by atoms with Crippen LogP contribution in [0.5, 0.6) is 0 Å². The molecule has 0 atom stereocenters. The van der Waals surface area contributed by atoms with E-state index in [9.17, 15) is 14.9 Å². The molecule has 0 aliphatic carbocycles. The summed E-state index contributed by atoms with van der Waals surface area (Å²) < 4.78 is 5.05. The van der Waals surface area contributed by atoms with Crippen molar-refractivity contribution < 1.29 is 14.5 Å². The lowest BCUT2D eigenvalue weighted by Crippen LogP contribution is -2.27. The molecule has 0 unspecified atom stereocenters. The van der Waals surface area contributed by atoms with Gasteiger partial charge in [-0.05, 0) is 11.0 Å². The Morgan fingerprint density at radius 1 is 1.53 bits per heavy atom. The average molecular weight is 262 g/mol. The van der Waals surface area contributed by atoms with Crippen LogP contribution in [0, 0.1) is 10.1 Å². The fourth-order valence-electron chi connectivity index (χ4n) is 1.11. The van der Waals surface area contributed by atoms with Gasteiger partial charge in [-0.2, -0.15) is 0 Å². The van der Waals surface area contributed by atoms with Crippen LogP contribution in [0.2, 0.25) is 0 Å². The molecule has 94 valence electrons. The molecule has 0 bridgehead atoms. The number of halogens is 1. The zero-order chi connectivity index (χ0) is 12.7. The molecule has 1 rings (SSSR count). The third-order valence-electron chi connectivity index (χ3n) is 1.87. The van der Waals surface area contributed by atoms with E-state index in [1.54, 1.807) is 0 Å².